The normalized spacial score (nSPS) is 23.1. The molecule has 2 aromatic rings. The van der Waals surface area contributed by atoms with Crippen LogP contribution in [0, 0.1) is 6.92 Å². The Bertz CT molecular complexity index is 984. The van der Waals surface area contributed by atoms with E-state index in [4.69, 9.17) is 9.47 Å². The maximum absolute atomic E-state index is 13.7. The summed E-state index contributed by atoms with van der Waals surface area (Å²) in [5.74, 6) is -0.648. The second-order valence-electron chi connectivity index (χ2n) is 7.07. The molecule has 4 atom stereocenters. The molecule has 154 valence electrons. The van der Waals surface area contributed by atoms with Gasteiger partial charge in [-0.3, -0.25) is 4.79 Å². The third-order valence-corrected chi connectivity index (χ3v) is 7.19. The van der Waals surface area contributed by atoms with Crippen LogP contribution in [0.15, 0.2) is 72.1 Å². The number of epoxide rings is 1. The maximum Gasteiger partial charge on any atom is 0.303 e. The summed E-state index contributed by atoms with van der Waals surface area (Å²) in [6, 6.07) is 14.9. The molecule has 7 heteroatoms. The standard InChI is InChI=1S/C22H24O6S/c1-4-8-19(24)21-22(28-21,29(25,26)18-13-11-15(2)12-14-18)20(27-16(3)23)17-9-6-5-7-10-17/h4-7,9-14,19-21,24H,1,8H2,2-3H3/t19-,20-,21+,22+/m1/s1. The lowest BCUT2D eigenvalue weighted by Crippen LogP contribution is -2.40. The van der Waals surface area contributed by atoms with Crippen LogP contribution in [0.1, 0.15) is 30.6 Å². The number of sulfone groups is 1. The van der Waals surface area contributed by atoms with Gasteiger partial charge >= 0.3 is 5.97 Å². The number of carbonyl (C=O) groups excluding carboxylic acids is 1. The van der Waals surface area contributed by atoms with Crippen molar-refractivity contribution in [1.29, 1.82) is 0 Å². The molecule has 0 aliphatic carbocycles. The highest BCUT2D eigenvalue weighted by Gasteiger charge is 2.74. The van der Waals surface area contributed by atoms with Crippen LogP contribution in [0.25, 0.3) is 0 Å². The number of carbonyl (C=O) groups is 1. The number of hydrogen-bond acceptors (Lipinski definition) is 6. The van der Waals surface area contributed by atoms with Gasteiger partial charge in [-0.1, -0.05) is 54.1 Å². The van der Waals surface area contributed by atoms with E-state index in [9.17, 15) is 18.3 Å². The Morgan fingerprint density at radius 3 is 2.41 bits per heavy atom. The molecular formula is C22H24O6S. The number of esters is 1. The van der Waals surface area contributed by atoms with Gasteiger partial charge in [0, 0.05) is 6.92 Å². The summed E-state index contributed by atoms with van der Waals surface area (Å²) in [7, 11) is -4.14. The van der Waals surface area contributed by atoms with Gasteiger partial charge in [-0.15, -0.1) is 6.58 Å². The van der Waals surface area contributed by atoms with Crippen LogP contribution >= 0.6 is 0 Å². The van der Waals surface area contributed by atoms with Gasteiger partial charge in [-0.2, -0.15) is 0 Å². The lowest BCUT2D eigenvalue weighted by atomic mass is 10.0. The van der Waals surface area contributed by atoms with Gasteiger partial charge in [0.25, 0.3) is 0 Å². The van der Waals surface area contributed by atoms with Crippen LogP contribution in [-0.4, -0.2) is 36.6 Å². The molecule has 1 fully saturated rings. The van der Waals surface area contributed by atoms with Crippen molar-refractivity contribution in [2.24, 2.45) is 0 Å². The van der Waals surface area contributed by atoms with Crippen molar-refractivity contribution in [3.05, 3.63) is 78.4 Å². The van der Waals surface area contributed by atoms with Gasteiger partial charge < -0.3 is 14.6 Å². The first-order chi connectivity index (χ1) is 13.7. The fourth-order valence-corrected chi connectivity index (χ4v) is 5.47. The molecule has 2 aromatic carbocycles. The van der Waals surface area contributed by atoms with E-state index in [1.165, 1.54) is 25.1 Å². The number of hydrogen-bond donors (Lipinski definition) is 1. The van der Waals surface area contributed by atoms with E-state index in [1.807, 2.05) is 6.92 Å². The second-order valence-corrected chi connectivity index (χ2v) is 9.18. The first-order valence-corrected chi connectivity index (χ1v) is 10.7. The molecule has 0 spiro atoms. The highest BCUT2D eigenvalue weighted by Crippen LogP contribution is 2.56. The molecule has 1 heterocycles. The van der Waals surface area contributed by atoms with Gasteiger partial charge in [-0.25, -0.2) is 8.42 Å². The smallest absolute Gasteiger partial charge is 0.303 e. The predicted octanol–water partition coefficient (Wildman–Crippen LogP) is 3.11. The molecule has 0 amide bonds. The zero-order valence-electron chi connectivity index (χ0n) is 16.3. The fourth-order valence-electron chi connectivity index (χ4n) is 3.45. The molecule has 0 aromatic heterocycles. The van der Waals surface area contributed by atoms with E-state index in [0.717, 1.165) is 5.56 Å². The van der Waals surface area contributed by atoms with E-state index in [0.29, 0.717) is 5.56 Å². The first kappa shape index (κ1) is 21.2. The van der Waals surface area contributed by atoms with Crippen LogP contribution in [0.4, 0.5) is 0 Å². The van der Waals surface area contributed by atoms with Gasteiger partial charge in [0.2, 0.25) is 14.8 Å². The quantitative estimate of drug-likeness (QED) is 0.404. The summed E-state index contributed by atoms with van der Waals surface area (Å²) in [6.07, 6.45) is -1.81. The molecule has 1 saturated heterocycles. The minimum atomic E-state index is -4.14. The van der Waals surface area contributed by atoms with Crippen LogP contribution in [0.3, 0.4) is 0 Å². The van der Waals surface area contributed by atoms with Crippen molar-refractivity contribution in [3.8, 4) is 0 Å². The molecule has 0 radical (unpaired) electrons. The van der Waals surface area contributed by atoms with Crippen molar-refractivity contribution in [1.82, 2.24) is 0 Å². The van der Waals surface area contributed by atoms with Gasteiger partial charge in [-0.05, 0) is 31.0 Å². The van der Waals surface area contributed by atoms with E-state index in [2.05, 4.69) is 6.58 Å². The summed E-state index contributed by atoms with van der Waals surface area (Å²) < 4.78 is 38.6. The van der Waals surface area contributed by atoms with Crippen LogP contribution in [0.5, 0.6) is 0 Å². The van der Waals surface area contributed by atoms with E-state index < -0.39 is 39.1 Å². The molecule has 1 N–H and O–H groups in total. The SMILES string of the molecule is C=CC[C@@H](O)[C@@H]1O[C@@]1([C@H](OC(C)=O)c1ccccc1)S(=O)(=O)c1ccc(C)cc1. The first-order valence-electron chi connectivity index (χ1n) is 9.24. The molecule has 0 bridgehead atoms. The van der Waals surface area contributed by atoms with Gasteiger partial charge in [0.15, 0.2) is 6.10 Å². The van der Waals surface area contributed by atoms with E-state index in [1.54, 1.807) is 42.5 Å². The molecule has 3 rings (SSSR count). The highest BCUT2D eigenvalue weighted by molar-refractivity contribution is 7.93. The molecular weight excluding hydrogens is 392 g/mol. The Morgan fingerprint density at radius 2 is 1.86 bits per heavy atom. The molecule has 1 aliphatic heterocycles. The number of ether oxygens (including phenoxy) is 2. The molecule has 0 saturated carbocycles. The maximum atomic E-state index is 13.7. The number of aryl methyl sites for hydroxylation is 1. The fraction of sp³-hybridized carbons (Fsp3) is 0.318. The highest BCUT2D eigenvalue weighted by atomic mass is 32.2. The minimum absolute atomic E-state index is 0.0319. The van der Waals surface area contributed by atoms with E-state index in [-0.39, 0.29) is 11.3 Å². The summed E-state index contributed by atoms with van der Waals surface area (Å²) in [4.78, 5) is 9.96. The summed E-state index contributed by atoms with van der Waals surface area (Å²) in [5.41, 5.74) is 1.37. The minimum Gasteiger partial charge on any atom is -0.453 e. The molecule has 29 heavy (non-hydrogen) atoms. The van der Waals surface area contributed by atoms with E-state index >= 15 is 0 Å². The third-order valence-electron chi connectivity index (χ3n) is 4.91. The topological polar surface area (TPSA) is 93.2 Å². The van der Waals surface area contributed by atoms with Crippen molar-refractivity contribution in [2.45, 2.75) is 48.4 Å². The lowest BCUT2D eigenvalue weighted by Gasteiger charge is -2.26. The van der Waals surface area contributed by atoms with Crippen LogP contribution in [0.2, 0.25) is 0 Å². The molecule has 6 nitrogen and oxygen atoms in total. The Balaban J connectivity index is 2.17. The summed E-state index contributed by atoms with van der Waals surface area (Å²) >= 11 is 0. The summed E-state index contributed by atoms with van der Waals surface area (Å²) in [6.45, 7) is 6.65. The number of aliphatic hydroxyl groups excluding tert-OH is 1. The Kier molecular flexibility index (Phi) is 5.93. The van der Waals surface area contributed by atoms with Gasteiger partial charge in [0.1, 0.15) is 6.10 Å². The monoisotopic (exact) mass is 416 g/mol. The third kappa shape index (κ3) is 3.85. The lowest BCUT2D eigenvalue weighted by molar-refractivity contribution is -0.148. The predicted molar refractivity (Wildman–Crippen MR) is 108 cm³/mol. The Morgan fingerprint density at radius 1 is 1.24 bits per heavy atom. The van der Waals surface area contributed by atoms with Crippen LogP contribution < -0.4 is 0 Å². The Hall–Kier alpha value is -2.48. The zero-order valence-corrected chi connectivity index (χ0v) is 17.1. The summed E-state index contributed by atoms with van der Waals surface area (Å²) in [5, 5.41) is 10.5. The van der Waals surface area contributed by atoms with Crippen LogP contribution in [-0.2, 0) is 24.1 Å². The van der Waals surface area contributed by atoms with Crippen molar-refractivity contribution in [3.63, 3.8) is 0 Å². The Labute approximate surface area is 170 Å². The second kappa shape index (κ2) is 8.10. The molecule has 0 unspecified atom stereocenters. The van der Waals surface area contributed by atoms with Crippen molar-refractivity contribution in [2.75, 3.05) is 0 Å². The molecule has 1 aliphatic rings. The average molecular weight is 416 g/mol. The largest absolute Gasteiger partial charge is 0.453 e. The average Bonchev–Trinajstić information content (AvgIpc) is 3.45. The zero-order chi connectivity index (χ0) is 21.2. The number of aliphatic hydroxyl groups is 1. The van der Waals surface area contributed by atoms with Crippen molar-refractivity contribution >= 4 is 15.8 Å². The van der Waals surface area contributed by atoms with Gasteiger partial charge in [0.05, 0.1) is 11.0 Å². The van der Waals surface area contributed by atoms with Crippen molar-refractivity contribution < 1.29 is 27.8 Å². The number of benzene rings is 2. The number of rotatable bonds is 8.